The van der Waals surface area contributed by atoms with Gasteiger partial charge in [0.05, 0.1) is 10.9 Å². The number of hydrogen-bond donors (Lipinski definition) is 1. The van der Waals surface area contributed by atoms with E-state index in [1.807, 2.05) is 30.3 Å². The van der Waals surface area contributed by atoms with E-state index in [-0.39, 0.29) is 22.0 Å². The fourth-order valence-corrected chi connectivity index (χ4v) is 5.57. The molecular formula is C27H20N2O5S. The van der Waals surface area contributed by atoms with Gasteiger partial charge in [0.15, 0.2) is 17.6 Å². The molecule has 2 heterocycles. The molecule has 0 atom stereocenters. The average molecular weight is 485 g/mol. The summed E-state index contributed by atoms with van der Waals surface area (Å²) in [6.07, 6.45) is 2.74. The van der Waals surface area contributed by atoms with Crippen LogP contribution >= 0.6 is 11.3 Å². The quantitative estimate of drug-likeness (QED) is 0.400. The number of fused-ring (bicyclic) bond motifs is 2. The Hall–Kier alpha value is -4.22. The molecule has 1 aliphatic carbocycles. The molecule has 0 unspecified atom stereocenters. The van der Waals surface area contributed by atoms with Gasteiger partial charge in [-0.25, -0.2) is 4.79 Å². The summed E-state index contributed by atoms with van der Waals surface area (Å²) >= 11 is 1.39. The molecule has 7 nitrogen and oxygen atoms in total. The molecule has 0 spiro atoms. The number of para-hydroxylation sites is 1. The van der Waals surface area contributed by atoms with Crippen molar-refractivity contribution >= 4 is 39.2 Å². The highest BCUT2D eigenvalue weighted by Gasteiger charge is 2.24. The van der Waals surface area contributed by atoms with Crippen molar-refractivity contribution in [2.75, 3.05) is 11.9 Å². The van der Waals surface area contributed by atoms with Crippen LogP contribution in [0.25, 0.3) is 22.3 Å². The number of carbonyl (C=O) groups excluding carboxylic acids is 2. The number of ether oxygens (including phenoxy) is 1. The van der Waals surface area contributed by atoms with Crippen molar-refractivity contribution in [1.82, 2.24) is 0 Å². The zero-order valence-corrected chi connectivity index (χ0v) is 19.7. The van der Waals surface area contributed by atoms with Gasteiger partial charge in [0, 0.05) is 16.0 Å². The molecule has 0 radical (unpaired) electrons. The van der Waals surface area contributed by atoms with Gasteiger partial charge in [0.25, 0.3) is 5.91 Å². The molecule has 0 fully saturated rings. The molecule has 5 rings (SSSR count). The number of aryl methyl sites for hydroxylation is 1. The highest BCUT2D eigenvalue weighted by Crippen LogP contribution is 2.38. The van der Waals surface area contributed by atoms with Crippen molar-refractivity contribution < 1.29 is 18.7 Å². The molecule has 1 aliphatic rings. The number of thiophene rings is 1. The molecule has 0 aliphatic heterocycles. The van der Waals surface area contributed by atoms with E-state index < -0.39 is 18.5 Å². The lowest BCUT2D eigenvalue weighted by Gasteiger charge is -2.10. The molecule has 1 amide bonds. The molecule has 4 aromatic rings. The predicted octanol–water partition coefficient (Wildman–Crippen LogP) is 4.99. The largest absolute Gasteiger partial charge is 0.455 e. The van der Waals surface area contributed by atoms with Crippen molar-refractivity contribution in [3.05, 3.63) is 85.9 Å². The molecule has 0 saturated heterocycles. The average Bonchev–Trinajstić information content (AvgIpc) is 3.45. The zero-order chi connectivity index (χ0) is 24.5. The van der Waals surface area contributed by atoms with Gasteiger partial charge in [-0.2, -0.15) is 5.26 Å². The van der Waals surface area contributed by atoms with Gasteiger partial charge in [-0.05, 0) is 43.9 Å². The molecule has 2 aromatic carbocycles. The number of nitrogens with zero attached hydrogens (tertiary/aromatic N) is 1. The standard InChI is InChI=1S/C27H20N2O5S/c1-15-23(31)18-10-5-11-19(25(18)34-24(15)16-7-3-2-4-8-16)27(32)33-14-22(30)29-26-20(13-28)17-9-6-12-21(17)35-26/h2-5,7-8,10-11H,6,9,12,14H2,1H3,(H,29,30). The Bertz CT molecular complexity index is 1580. The van der Waals surface area contributed by atoms with Crippen LogP contribution in [0.2, 0.25) is 0 Å². The second-order valence-electron chi connectivity index (χ2n) is 8.23. The number of anilines is 1. The lowest BCUT2D eigenvalue weighted by molar-refractivity contribution is -0.119. The summed E-state index contributed by atoms with van der Waals surface area (Å²) < 4.78 is 11.3. The van der Waals surface area contributed by atoms with Crippen LogP contribution in [0, 0.1) is 18.3 Å². The van der Waals surface area contributed by atoms with Gasteiger partial charge < -0.3 is 14.5 Å². The Balaban J connectivity index is 1.39. The maximum absolute atomic E-state index is 13.0. The zero-order valence-electron chi connectivity index (χ0n) is 18.8. The Morgan fingerprint density at radius 1 is 1.14 bits per heavy atom. The molecule has 35 heavy (non-hydrogen) atoms. The third-order valence-corrected chi connectivity index (χ3v) is 7.23. The van der Waals surface area contributed by atoms with Gasteiger partial charge in [-0.3, -0.25) is 9.59 Å². The number of hydrogen-bond acceptors (Lipinski definition) is 7. The third kappa shape index (κ3) is 4.11. The van der Waals surface area contributed by atoms with E-state index in [0.717, 1.165) is 29.7 Å². The number of benzene rings is 2. The van der Waals surface area contributed by atoms with Crippen LogP contribution in [0.4, 0.5) is 5.00 Å². The smallest absolute Gasteiger partial charge is 0.342 e. The van der Waals surface area contributed by atoms with Crippen molar-refractivity contribution in [2.24, 2.45) is 0 Å². The Kier molecular flexibility index (Phi) is 5.93. The van der Waals surface area contributed by atoms with Crippen LogP contribution in [0.1, 0.15) is 38.3 Å². The van der Waals surface area contributed by atoms with Gasteiger partial charge >= 0.3 is 5.97 Å². The topological polar surface area (TPSA) is 109 Å². The molecule has 8 heteroatoms. The summed E-state index contributed by atoms with van der Waals surface area (Å²) in [5, 5.41) is 12.9. The lowest BCUT2D eigenvalue weighted by Crippen LogP contribution is -2.21. The number of nitriles is 1. The number of carbonyl (C=O) groups is 2. The SMILES string of the molecule is Cc1c(-c2ccccc2)oc2c(C(=O)OCC(=O)Nc3sc4c(c3C#N)CCC4)cccc2c1=O. The lowest BCUT2D eigenvalue weighted by atomic mass is 10.0. The molecule has 0 saturated carbocycles. The first-order valence-corrected chi connectivity index (χ1v) is 11.9. The predicted molar refractivity (Wildman–Crippen MR) is 133 cm³/mol. The van der Waals surface area contributed by atoms with E-state index >= 15 is 0 Å². The minimum absolute atomic E-state index is 0.0531. The summed E-state index contributed by atoms with van der Waals surface area (Å²) in [6.45, 7) is 1.14. The van der Waals surface area contributed by atoms with E-state index in [2.05, 4.69) is 11.4 Å². The normalized spacial score (nSPS) is 12.2. The first-order valence-electron chi connectivity index (χ1n) is 11.1. The van der Waals surface area contributed by atoms with E-state index in [0.29, 0.717) is 27.5 Å². The highest BCUT2D eigenvalue weighted by atomic mass is 32.1. The fraction of sp³-hybridized carbons (Fsp3) is 0.185. The van der Waals surface area contributed by atoms with Crippen molar-refractivity contribution in [3.8, 4) is 17.4 Å². The molecule has 174 valence electrons. The number of nitrogens with one attached hydrogen (secondary N) is 1. The van der Waals surface area contributed by atoms with Gasteiger partial charge in [0.1, 0.15) is 22.4 Å². The van der Waals surface area contributed by atoms with Crippen LogP contribution in [0.15, 0.2) is 57.7 Å². The van der Waals surface area contributed by atoms with Gasteiger partial charge in [-0.15, -0.1) is 11.3 Å². The van der Waals surface area contributed by atoms with E-state index in [1.54, 1.807) is 19.1 Å². The maximum Gasteiger partial charge on any atom is 0.342 e. The second kappa shape index (κ2) is 9.20. The highest BCUT2D eigenvalue weighted by molar-refractivity contribution is 7.16. The van der Waals surface area contributed by atoms with E-state index in [4.69, 9.17) is 9.15 Å². The summed E-state index contributed by atoms with van der Waals surface area (Å²) in [4.78, 5) is 39.5. The number of esters is 1. The Morgan fingerprint density at radius 2 is 1.94 bits per heavy atom. The van der Waals surface area contributed by atoms with Crippen LogP contribution < -0.4 is 10.7 Å². The summed E-state index contributed by atoms with van der Waals surface area (Å²) in [7, 11) is 0. The van der Waals surface area contributed by atoms with Crippen LogP contribution in [0.3, 0.4) is 0 Å². The Morgan fingerprint density at radius 3 is 2.71 bits per heavy atom. The van der Waals surface area contributed by atoms with Crippen LogP contribution in [0.5, 0.6) is 0 Å². The summed E-state index contributed by atoms with van der Waals surface area (Å²) in [6, 6.07) is 16.0. The maximum atomic E-state index is 13.0. The first-order chi connectivity index (χ1) is 17.0. The molecule has 0 bridgehead atoms. The molecule has 1 N–H and O–H groups in total. The summed E-state index contributed by atoms with van der Waals surface area (Å²) in [5.41, 5.74) is 2.55. The van der Waals surface area contributed by atoms with Gasteiger partial charge in [0.2, 0.25) is 0 Å². The van der Waals surface area contributed by atoms with Gasteiger partial charge in [-0.1, -0.05) is 36.4 Å². The number of rotatable bonds is 5. The van der Waals surface area contributed by atoms with Crippen molar-refractivity contribution in [2.45, 2.75) is 26.2 Å². The Labute approximate surface area is 204 Å². The second-order valence-corrected chi connectivity index (χ2v) is 9.34. The fourth-order valence-electron chi connectivity index (χ4n) is 4.32. The minimum Gasteiger partial charge on any atom is -0.455 e. The van der Waals surface area contributed by atoms with E-state index in [9.17, 15) is 19.6 Å². The third-order valence-electron chi connectivity index (χ3n) is 6.02. The first kappa shape index (κ1) is 22.6. The van der Waals surface area contributed by atoms with E-state index in [1.165, 1.54) is 17.4 Å². The molecular weight excluding hydrogens is 464 g/mol. The monoisotopic (exact) mass is 484 g/mol. The summed E-state index contributed by atoms with van der Waals surface area (Å²) in [5.74, 6) is -0.959. The van der Waals surface area contributed by atoms with Crippen LogP contribution in [-0.4, -0.2) is 18.5 Å². The van der Waals surface area contributed by atoms with Crippen molar-refractivity contribution in [3.63, 3.8) is 0 Å². The van der Waals surface area contributed by atoms with Crippen molar-refractivity contribution in [1.29, 1.82) is 5.26 Å². The molecule has 2 aromatic heterocycles. The van der Waals surface area contributed by atoms with Crippen LogP contribution in [-0.2, 0) is 22.4 Å². The number of amides is 1. The minimum atomic E-state index is -0.786.